The van der Waals surface area contributed by atoms with Crippen molar-refractivity contribution in [2.24, 2.45) is 5.73 Å². The Bertz CT molecular complexity index is 593. The largest absolute Gasteiger partial charge is 0.394 e. The van der Waals surface area contributed by atoms with Gasteiger partial charge in [-0.15, -0.1) is 0 Å². The molecule has 1 aromatic rings. The van der Waals surface area contributed by atoms with Crippen LogP contribution in [0.2, 0.25) is 0 Å². The monoisotopic (exact) mass is 291 g/mol. The van der Waals surface area contributed by atoms with Crippen molar-refractivity contribution in [2.75, 3.05) is 6.61 Å². The second kappa shape index (κ2) is 5.23. The van der Waals surface area contributed by atoms with Crippen LogP contribution in [0.3, 0.4) is 0 Å². The van der Waals surface area contributed by atoms with Gasteiger partial charge in [0.2, 0.25) is 5.95 Å². The molecule has 4 atom stereocenters. The van der Waals surface area contributed by atoms with E-state index in [9.17, 15) is 23.5 Å². The first kappa shape index (κ1) is 14.5. The van der Waals surface area contributed by atoms with Crippen molar-refractivity contribution in [1.82, 2.24) is 9.55 Å². The zero-order valence-corrected chi connectivity index (χ0v) is 9.94. The van der Waals surface area contributed by atoms with Gasteiger partial charge in [-0.25, -0.2) is 9.37 Å². The number of hydrogen-bond acceptors (Lipinski definition) is 6. The van der Waals surface area contributed by atoms with Crippen LogP contribution in [0.4, 0.5) is 8.78 Å². The highest BCUT2D eigenvalue weighted by molar-refractivity contribution is 5.90. The van der Waals surface area contributed by atoms with Gasteiger partial charge in [-0.1, -0.05) is 0 Å². The van der Waals surface area contributed by atoms with Crippen LogP contribution >= 0.6 is 0 Å². The number of alkyl halides is 1. The molecule has 0 spiro atoms. The summed E-state index contributed by atoms with van der Waals surface area (Å²) in [5, 5.41) is 18.3. The van der Waals surface area contributed by atoms with E-state index < -0.39 is 54.3 Å². The Labute approximate surface area is 110 Å². The van der Waals surface area contributed by atoms with Gasteiger partial charge in [0.1, 0.15) is 12.2 Å². The van der Waals surface area contributed by atoms with E-state index in [2.05, 4.69) is 4.98 Å². The Kier molecular flexibility index (Phi) is 3.79. The Morgan fingerprint density at radius 1 is 1.60 bits per heavy atom. The summed E-state index contributed by atoms with van der Waals surface area (Å²) in [7, 11) is 0. The number of nitrogens with two attached hydrogens (primary N) is 1. The molecule has 2 heterocycles. The number of aliphatic hydroxyl groups is 2. The number of ether oxygens (including phenoxy) is 1. The van der Waals surface area contributed by atoms with Crippen molar-refractivity contribution in [3.8, 4) is 0 Å². The standard InChI is InChI=1S/C10H11F2N3O5/c11-4-1-15(9(19)6(14-4)8(13)18)10-5(12)7(17)3(2-16)20-10/h1,3,5,7,10,16-17H,2H2,(H2,13,18)/t3-,5+,7?,10-/m1/s1. The quantitative estimate of drug-likeness (QED) is 0.595. The van der Waals surface area contributed by atoms with Crippen LogP contribution in [0, 0.1) is 5.95 Å². The Hall–Kier alpha value is -1.91. The Morgan fingerprint density at radius 3 is 2.75 bits per heavy atom. The van der Waals surface area contributed by atoms with Crippen molar-refractivity contribution < 1.29 is 28.5 Å². The van der Waals surface area contributed by atoms with Crippen molar-refractivity contribution >= 4 is 5.91 Å². The lowest BCUT2D eigenvalue weighted by molar-refractivity contribution is -0.0491. The van der Waals surface area contributed by atoms with E-state index >= 15 is 0 Å². The third-order valence-corrected chi connectivity index (χ3v) is 2.88. The van der Waals surface area contributed by atoms with Gasteiger partial charge in [0.25, 0.3) is 11.5 Å². The molecule has 0 aliphatic carbocycles. The predicted molar refractivity (Wildman–Crippen MR) is 58.9 cm³/mol. The van der Waals surface area contributed by atoms with E-state index in [1.165, 1.54) is 0 Å². The zero-order valence-electron chi connectivity index (χ0n) is 9.94. The molecule has 0 bridgehead atoms. The zero-order chi connectivity index (χ0) is 15.0. The van der Waals surface area contributed by atoms with E-state index in [-0.39, 0.29) is 0 Å². The second-order valence-electron chi connectivity index (χ2n) is 4.17. The minimum absolute atomic E-state index is 0.436. The molecule has 1 aromatic heterocycles. The maximum absolute atomic E-state index is 13.8. The lowest BCUT2D eigenvalue weighted by Gasteiger charge is -2.16. The number of primary amides is 1. The summed E-state index contributed by atoms with van der Waals surface area (Å²) < 4.78 is 32.5. The molecule has 8 nitrogen and oxygen atoms in total. The molecule has 1 aliphatic rings. The van der Waals surface area contributed by atoms with Crippen molar-refractivity contribution in [3.63, 3.8) is 0 Å². The van der Waals surface area contributed by atoms with Crippen molar-refractivity contribution in [3.05, 3.63) is 28.2 Å². The Balaban J connectivity index is 2.49. The van der Waals surface area contributed by atoms with E-state index in [0.29, 0.717) is 10.8 Å². The molecule has 1 amide bonds. The highest BCUT2D eigenvalue weighted by Gasteiger charge is 2.45. The number of aromatic nitrogens is 2. The smallest absolute Gasteiger partial charge is 0.284 e. The van der Waals surface area contributed by atoms with Crippen LogP contribution in [0.25, 0.3) is 0 Å². The summed E-state index contributed by atoms with van der Waals surface area (Å²) in [4.78, 5) is 25.8. The molecule has 4 N–H and O–H groups in total. The van der Waals surface area contributed by atoms with Crippen molar-refractivity contribution in [2.45, 2.75) is 24.6 Å². The van der Waals surface area contributed by atoms with Gasteiger partial charge in [0.15, 0.2) is 18.1 Å². The van der Waals surface area contributed by atoms with Crippen molar-refractivity contribution in [1.29, 1.82) is 0 Å². The van der Waals surface area contributed by atoms with Crippen LogP contribution < -0.4 is 11.3 Å². The van der Waals surface area contributed by atoms with Crippen LogP contribution in [-0.2, 0) is 4.74 Å². The number of carbonyl (C=O) groups excluding carboxylic acids is 1. The minimum Gasteiger partial charge on any atom is -0.394 e. The van der Waals surface area contributed by atoms with Crippen LogP contribution in [0.1, 0.15) is 16.7 Å². The first-order valence-corrected chi connectivity index (χ1v) is 5.53. The molecule has 0 radical (unpaired) electrons. The molecule has 1 fully saturated rings. The normalized spacial score (nSPS) is 29.6. The number of amides is 1. The molecule has 110 valence electrons. The first-order chi connectivity index (χ1) is 9.36. The van der Waals surface area contributed by atoms with E-state index in [4.69, 9.17) is 15.6 Å². The van der Waals surface area contributed by atoms with Gasteiger partial charge in [-0.3, -0.25) is 14.2 Å². The van der Waals surface area contributed by atoms with Crippen LogP contribution in [-0.4, -0.2) is 50.7 Å². The molecule has 20 heavy (non-hydrogen) atoms. The highest BCUT2D eigenvalue weighted by atomic mass is 19.1. The molecule has 1 saturated heterocycles. The van der Waals surface area contributed by atoms with Gasteiger partial charge in [0, 0.05) is 0 Å². The molecular weight excluding hydrogens is 280 g/mol. The summed E-state index contributed by atoms with van der Waals surface area (Å²) in [6, 6.07) is 0. The van der Waals surface area contributed by atoms with E-state index in [1.54, 1.807) is 0 Å². The molecule has 0 saturated carbocycles. The number of nitrogens with zero attached hydrogens (tertiary/aromatic N) is 2. The van der Waals surface area contributed by atoms with Gasteiger partial charge in [-0.2, -0.15) is 4.39 Å². The maximum atomic E-state index is 13.8. The first-order valence-electron chi connectivity index (χ1n) is 5.53. The second-order valence-corrected chi connectivity index (χ2v) is 4.17. The number of hydrogen-bond donors (Lipinski definition) is 3. The Morgan fingerprint density at radius 2 is 2.25 bits per heavy atom. The lowest BCUT2D eigenvalue weighted by Crippen LogP contribution is -2.37. The number of aliphatic hydroxyl groups excluding tert-OH is 2. The molecule has 0 aromatic carbocycles. The number of rotatable bonds is 3. The third-order valence-electron chi connectivity index (χ3n) is 2.88. The fourth-order valence-corrected chi connectivity index (χ4v) is 1.91. The fourth-order valence-electron chi connectivity index (χ4n) is 1.91. The summed E-state index contributed by atoms with van der Waals surface area (Å²) in [6.07, 6.45) is -6.21. The summed E-state index contributed by atoms with van der Waals surface area (Å²) >= 11 is 0. The summed E-state index contributed by atoms with van der Waals surface area (Å²) in [5.41, 5.74) is 2.79. The summed E-state index contributed by atoms with van der Waals surface area (Å²) in [6.45, 7) is -0.691. The molecular formula is C10H11F2N3O5. The van der Waals surface area contributed by atoms with Crippen LogP contribution in [0.5, 0.6) is 0 Å². The molecule has 1 aliphatic heterocycles. The maximum Gasteiger partial charge on any atom is 0.284 e. The highest BCUT2D eigenvalue weighted by Crippen LogP contribution is 2.30. The van der Waals surface area contributed by atoms with E-state index in [1.807, 2.05) is 0 Å². The predicted octanol–water partition coefficient (Wildman–Crippen LogP) is -1.93. The third kappa shape index (κ3) is 2.28. The van der Waals surface area contributed by atoms with Gasteiger partial charge >= 0.3 is 0 Å². The SMILES string of the molecule is NC(=O)c1nc(F)cn([C@@H]2O[C@H](CO)C(O)[C@@H]2F)c1=O. The molecule has 2 rings (SSSR count). The lowest BCUT2D eigenvalue weighted by atomic mass is 10.1. The van der Waals surface area contributed by atoms with Gasteiger partial charge in [0.05, 0.1) is 12.8 Å². The van der Waals surface area contributed by atoms with E-state index in [0.717, 1.165) is 0 Å². The topological polar surface area (TPSA) is 128 Å². The minimum atomic E-state index is -2.09. The molecule has 1 unspecified atom stereocenters. The number of halogens is 2. The van der Waals surface area contributed by atoms with Gasteiger partial charge < -0.3 is 20.7 Å². The summed E-state index contributed by atoms with van der Waals surface area (Å²) in [5.74, 6) is -2.52. The number of carbonyl (C=O) groups is 1. The average molecular weight is 291 g/mol. The van der Waals surface area contributed by atoms with Gasteiger partial charge in [-0.05, 0) is 0 Å². The molecule has 10 heteroatoms. The van der Waals surface area contributed by atoms with Crippen LogP contribution in [0.15, 0.2) is 11.0 Å². The fraction of sp³-hybridized carbons (Fsp3) is 0.500. The average Bonchev–Trinajstić information content (AvgIpc) is 2.68.